The summed E-state index contributed by atoms with van der Waals surface area (Å²) in [7, 11) is 0. The molecule has 1 saturated heterocycles. The van der Waals surface area contributed by atoms with Gasteiger partial charge in [-0.05, 0) is 39.2 Å². The summed E-state index contributed by atoms with van der Waals surface area (Å²) in [4.78, 5) is 0. The summed E-state index contributed by atoms with van der Waals surface area (Å²) in [6.45, 7) is 11.1. The Hall–Kier alpha value is -0.0800. The van der Waals surface area contributed by atoms with Gasteiger partial charge in [-0.3, -0.25) is 0 Å². The zero-order valence-electron chi connectivity index (χ0n) is 10.1. The van der Waals surface area contributed by atoms with Crippen LogP contribution in [0.2, 0.25) is 0 Å². The molecule has 0 aromatic heterocycles. The quantitative estimate of drug-likeness (QED) is 0.735. The second-order valence-electron chi connectivity index (χ2n) is 4.96. The van der Waals surface area contributed by atoms with E-state index in [1.807, 2.05) is 0 Å². The summed E-state index contributed by atoms with van der Waals surface area (Å²) in [5.41, 5.74) is 0.210. The molecule has 2 heteroatoms. The molecule has 0 aromatic carbocycles. The van der Waals surface area contributed by atoms with Crippen molar-refractivity contribution in [1.29, 1.82) is 0 Å². The standard InChI is InChI=1S/C12H25NO/c1-5-6-10(2)9-13-12(4)7-8-14-11(12)3/h10-11,13H,5-9H2,1-4H3. The summed E-state index contributed by atoms with van der Waals surface area (Å²) in [6, 6.07) is 0. The van der Waals surface area contributed by atoms with Crippen LogP contribution in [0.5, 0.6) is 0 Å². The van der Waals surface area contributed by atoms with Gasteiger partial charge in [0.15, 0.2) is 0 Å². The van der Waals surface area contributed by atoms with Crippen molar-refractivity contribution in [2.45, 2.75) is 58.6 Å². The number of nitrogens with one attached hydrogen (secondary N) is 1. The summed E-state index contributed by atoms with van der Waals surface area (Å²) in [6.07, 6.45) is 4.10. The minimum Gasteiger partial charge on any atom is -0.377 e. The van der Waals surface area contributed by atoms with Crippen molar-refractivity contribution in [1.82, 2.24) is 5.32 Å². The van der Waals surface area contributed by atoms with E-state index in [0.717, 1.165) is 25.5 Å². The normalized spacial score (nSPS) is 34.7. The third-order valence-corrected chi connectivity index (χ3v) is 3.52. The molecule has 0 spiro atoms. The Morgan fingerprint density at radius 1 is 1.57 bits per heavy atom. The van der Waals surface area contributed by atoms with E-state index in [4.69, 9.17) is 4.74 Å². The van der Waals surface area contributed by atoms with Gasteiger partial charge >= 0.3 is 0 Å². The Morgan fingerprint density at radius 3 is 2.79 bits per heavy atom. The number of hydrogen-bond donors (Lipinski definition) is 1. The molecule has 1 N–H and O–H groups in total. The van der Waals surface area contributed by atoms with Crippen LogP contribution in [0.4, 0.5) is 0 Å². The molecule has 0 radical (unpaired) electrons. The highest BCUT2D eigenvalue weighted by Gasteiger charge is 2.36. The van der Waals surface area contributed by atoms with Crippen LogP contribution in [-0.4, -0.2) is 24.8 Å². The first kappa shape index (κ1) is 12.0. The van der Waals surface area contributed by atoms with E-state index in [1.165, 1.54) is 12.8 Å². The van der Waals surface area contributed by atoms with Gasteiger partial charge in [0, 0.05) is 12.1 Å². The van der Waals surface area contributed by atoms with Gasteiger partial charge in [-0.15, -0.1) is 0 Å². The van der Waals surface area contributed by atoms with Gasteiger partial charge in [0.2, 0.25) is 0 Å². The fourth-order valence-electron chi connectivity index (χ4n) is 2.07. The molecule has 1 rings (SSSR count). The molecule has 0 aromatic rings. The lowest BCUT2D eigenvalue weighted by atomic mass is 9.93. The first-order valence-corrected chi connectivity index (χ1v) is 5.95. The SMILES string of the molecule is CCCC(C)CNC1(C)CCOC1C. The molecule has 1 aliphatic heterocycles. The average molecular weight is 199 g/mol. The van der Waals surface area contributed by atoms with Crippen LogP contribution in [0.1, 0.15) is 47.0 Å². The van der Waals surface area contributed by atoms with E-state index >= 15 is 0 Å². The zero-order chi connectivity index (χ0) is 10.6. The van der Waals surface area contributed by atoms with Crippen LogP contribution in [0.3, 0.4) is 0 Å². The molecule has 2 nitrogen and oxygen atoms in total. The summed E-state index contributed by atoms with van der Waals surface area (Å²) >= 11 is 0. The Labute approximate surface area is 88.4 Å². The Morgan fingerprint density at radius 2 is 2.29 bits per heavy atom. The monoisotopic (exact) mass is 199 g/mol. The van der Waals surface area contributed by atoms with Gasteiger partial charge < -0.3 is 10.1 Å². The van der Waals surface area contributed by atoms with Crippen LogP contribution in [0, 0.1) is 5.92 Å². The third-order valence-electron chi connectivity index (χ3n) is 3.52. The first-order chi connectivity index (χ1) is 6.58. The van der Waals surface area contributed by atoms with Crippen molar-refractivity contribution in [2.75, 3.05) is 13.2 Å². The second kappa shape index (κ2) is 5.13. The van der Waals surface area contributed by atoms with Crippen LogP contribution in [-0.2, 0) is 4.74 Å². The maximum absolute atomic E-state index is 5.60. The van der Waals surface area contributed by atoms with E-state index in [0.29, 0.717) is 6.10 Å². The Bertz CT molecular complexity index is 172. The average Bonchev–Trinajstić information content (AvgIpc) is 2.46. The zero-order valence-corrected chi connectivity index (χ0v) is 10.1. The molecule has 1 heterocycles. The van der Waals surface area contributed by atoms with Gasteiger partial charge in [-0.25, -0.2) is 0 Å². The van der Waals surface area contributed by atoms with Gasteiger partial charge in [0.1, 0.15) is 0 Å². The van der Waals surface area contributed by atoms with Gasteiger partial charge in [0.25, 0.3) is 0 Å². The molecule has 0 aliphatic carbocycles. The van der Waals surface area contributed by atoms with Crippen LogP contribution >= 0.6 is 0 Å². The number of hydrogen-bond acceptors (Lipinski definition) is 2. The summed E-state index contributed by atoms with van der Waals surface area (Å²) in [5.74, 6) is 0.782. The van der Waals surface area contributed by atoms with Crippen LogP contribution in [0.25, 0.3) is 0 Å². The van der Waals surface area contributed by atoms with E-state index in [2.05, 4.69) is 33.0 Å². The molecular weight excluding hydrogens is 174 g/mol. The second-order valence-corrected chi connectivity index (χ2v) is 4.96. The van der Waals surface area contributed by atoms with Crippen molar-refractivity contribution in [3.05, 3.63) is 0 Å². The fraction of sp³-hybridized carbons (Fsp3) is 1.00. The lowest BCUT2D eigenvalue weighted by molar-refractivity contribution is 0.0872. The van der Waals surface area contributed by atoms with E-state index in [1.54, 1.807) is 0 Å². The Kier molecular flexibility index (Phi) is 4.39. The Balaban J connectivity index is 2.29. The van der Waals surface area contributed by atoms with Gasteiger partial charge in [-0.1, -0.05) is 20.3 Å². The molecule has 14 heavy (non-hydrogen) atoms. The molecule has 0 bridgehead atoms. The van der Waals surface area contributed by atoms with Gasteiger partial charge in [-0.2, -0.15) is 0 Å². The molecule has 3 atom stereocenters. The highest BCUT2D eigenvalue weighted by atomic mass is 16.5. The molecule has 0 amide bonds. The molecule has 1 fully saturated rings. The van der Waals surface area contributed by atoms with Crippen LogP contribution in [0.15, 0.2) is 0 Å². The van der Waals surface area contributed by atoms with Crippen molar-refractivity contribution >= 4 is 0 Å². The summed E-state index contributed by atoms with van der Waals surface area (Å²) in [5, 5.41) is 3.67. The van der Waals surface area contributed by atoms with E-state index < -0.39 is 0 Å². The smallest absolute Gasteiger partial charge is 0.0726 e. The lowest BCUT2D eigenvalue weighted by Crippen LogP contribution is -2.49. The predicted octanol–water partition coefficient (Wildman–Crippen LogP) is 2.58. The minimum absolute atomic E-state index is 0.210. The first-order valence-electron chi connectivity index (χ1n) is 5.95. The third kappa shape index (κ3) is 2.96. The number of ether oxygens (including phenoxy) is 1. The molecule has 3 unspecified atom stereocenters. The lowest BCUT2D eigenvalue weighted by Gasteiger charge is -2.30. The van der Waals surface area contributed by atoms with Crippen molar-refractivity contribution in [2.24, 2.45) is 5.92 Å². The van der Waals surface area contributed by atoms with Crippen LogP contribution < -0.4 is 5.32 Å². The van der Waals surface area contributed by atoms with E-state index in [-0.39, 0.29) is 5.54 Å². The molecular formula is C12H25NO. The maximum atomic E-state index is 5.60. The van der Waals surface area contributed by atoms with Gasteiger partial charge in [0.05, 0.1) is 6.10 Å². The van der Waals surface area contributed by atoms with E-state index in [9.17, 15) is 0 Å². The topological polar surface area (TPSA) is 21.3 Å². The highest BCUT2D eigenvalue weighted by Crippen LogP contribution is 2.25. The molecule has 1 aliphatic rings. The minimum atomic E-state index is 0.210. The molecule has 0 saturated carbocycles. The maximum Gasteiger partial charge on any atom is 0.0726 e. The largest absolute Gasteiger partial charge is 0.377 e. The number of rotatable bonds is 5. The fourth-order valence-corrected chi connectivity index (χ4v) is 2.07. The summed E-state index contributed by atoms with van der Waals surface area (Å²) < 4.78 is 5.60. The predicted molar refractivity (Wildman–Crippen MR) is 60.5 cm³/mol. The van der Waals surface area contributed by atoms with Crippen molar-refractivity contribution in [3.63, 3.8) is 0 Å². The highest BCUT2D eigenvalue weighted by molar-refractivity contribution is 4.93. The van der Waals surface area contributed by atoms with Crippen molar-refractivity contribution < 1.29 is 4.74 Å². The van der Waals surface area contributed by atoms with Crippen molar-refractivity contribution in [3.8, 4) is 0 Å². The molecule has 84 valence electrons.